The summed E-state index contributed by atoms with van der Waals surface area (Å²) in [5, 5.41) is 121. The summed E-state index contributed by atoms with van der Waals surface area (Å²) < 4.78 is 34.5. The van der Waals surface area contributed by atoms with Crippen LogP contribution in [0.1, 0.15) is 335 Å². The second-order valence-electron chi connectivity index (χ2n) is 31.0. The largest absolute Gasteiger partial charge is 0.394 e. The standard InChI is InChI=1S/C90H159NO18/c1-3-5-7-9-11-13-15-17-19-21-23-25-27-29-30-31-32-33-34-35-36-37-38-39-40-41-42-44-46-48-50-52-54-56-58-60-62-64-66-68-78(96)91-73(74(95)67-65-63-61-59-57-55-53-51-49-47-45-43-28-26-24-22-20-18-16-14-12-10-8-6-4-2)72-104-88-84(102)81(99)86(76(70-93)106-88)109-90-85(103)82(100)87(77(71-94)107-90)108-89-83(101)80(98)79(97)75(69-92)105-89/h5,7,11,13,17,19,23,25,29-30,49,51,57,59,65,67,73-77,79-90,92-95,97-103H,3-4,6,8-10,12,14-16,18,20-22,24,26-28,31-48,50,52-56,58,60-64,66,68-72H2,1-2H3,(H,91,96)/b7-5-,13-11-,19-17-,25-23-,30-29-,51-49+,59-57+,67-65+. The highest BCUT2D eigenvalue weighted by Gasteiger charge is 2.54. The summed E-state index contributed by atoms with van der Waals surface area (Å²) in [7, 11) is 0. The number of hydrogen-bond donors (Lipinski definition) is 12. The van der Waals surface area contributed by atoms with Crippen LogP contribution in [0.5, 0.6) is 0 Å². The molecule has 3 aliphatic rings. The minimum absolute atomic E-state index is 0.232. The number of hydrogen-bond acceptors (Lipinski definition) is 18. The van der Waals surface area contributed by atoms with Gasteiger partial charge >= 0.3 is 0 Å². The molecule has 109 heavy (non-hydrogen) atoms. The molecule has 0 aromatic rings. The average molecular weight is 1540 g/mol. The number of amides is 1. The van der Waals surface area contributed by atoms with Gasteiger partial charge in [0.2, 0.25) is 5.91 Å². The van der Waals surface area contributed by atoms with E-state index in [4.69, 9.17) is 28.4 Å². The van der Waals surface area contributed by atoms with Gasteiger partial charge in [0.1, 0.15) is 73.2 Å². The van der Waals surface area contributed by atoms with Crippen molar-refractivity contribution in [2.75, 3.05) is 26.4 Å². The number of aliphatic hydroxyl groups is 11. The fourth-order valence-electron chi connectivity index (χ4n) is 14.4. The monoisotopic (exact) mass is 1540 g/mol. The molecule has 3 rings (SSSR count). The molecule has 0 aliphatic carbocycles. The Morgan fingerprint density at radius 1 is 0.339 bits per heavy atom. The van der Waals surface area contributed by atoms with Crippen molar-refractivity contribution in [2.24, 2.45) is 0 Å². The van der Waals surface area contributed by atoms with E-state index in [2.05, 4.69) is 104 Å². The number of ether oxygens (including phenoxy) is 6. The highest BCUT2D eigenvalue weighted by molar-refractivity contribution is 5.76. The van der Waals surface area contributed by atoms with E-state index in [1.807, 2.05) is 6.08 Å². The predicted molar refractivity (Wildman–Crippen MR) is 438 cm³/mol. The predicted octanol–water partition coefficient (Wildman–Crippen LogP) is 16.3. The van der Waals surface area contributed by atoms with Crippen LogP contribution in [0.3, 0.4) is 0 Å². The van der Waals surface area contributed by atoms with Crippen LogP contribution in [-0.2, 0) is 33.2 Å². The Labute approximate surface area is 660 Å². The van der Waals surface area contributed by atoms with Gasteiger partial charge in [-0.25, -0.2) is 0 Å². The summed E-state index contributed by atoms with van der Waals surface area (Å²) in [5.74, 6) is -0.286. The summed E-state index contributed by atoms with van der Waals surface area (Å²) in [6.07, 6.45) is 68.5. The Morgan fingerprint density at radius 3 is 1.03 bits per heavy atom. The Morgan fingerprint density at radius 2 is 0.642 bits per heavy atom. The van der Waals surface area contributed by atoms with Gasteiger partial charge in [0.15, 0.2) is 18.9 Å². The molecular formula is C90H159NO18. The molecule has 12 N–H and O–H groups in total. The molecule has 0 saturated carbocycles. The average Bonchev–Trinajstić information content (AvgIpc) is 0.759. The molecule has 1 amide bonds. The molecule has 17 atom stereocenters. The van der Waals surface area contributed by atoms with Gasteiger partial charge in [-0.3, -0.25) is 4.79 Å². The number of carbonyl (C=O) groups is 1. The van der Waals surface area contributed by atoms with Gasteiger partial charge in [-0.05, 0) is 89.9 Å². The van der Waals surface area contributed by atoms with Crippen molar-refractivity contribution in [3.8, 4) is 0 Å². The second-order valence-corrected chi connectivity index (χ2v) is 31.0. The first-order valence-corrected chi connectivity index (χ1v) is 44.0. The molecule has 0 aromatic heterocycles. The van der Waals surface area contributed by atoms with E-state index in [0.717, 1.165) is 77.0 Å². The number of rotatable bonds is 70. The Kier molecular flexibility index (Phi) is 63.3. The number of allylic oxidation sites excluding steroid dienone is 15. The Hall–Kier alpha value is -3.29. The Bertz CT molecular complexity index is 2340. The lowest BCUT2D eigenvalue weighted by molar-refractivity contribution is -0.379. The van der Waals surface area contributed by atoms with Crippen molar-refractivity contribution in [3.63, 3.8) is 0 Å². The fraction of sp³-hybridized carbons (Fsp3) is 0.811. The zero-order valence-electron chi connectivity index (χ0n) is 68.0. The molecule has 3 heterocycles. The molecule has 632 valence electrons. The van der Waals surface area contributed by atoms with Gasteiger partial charge in [-0.15, -0.1) is 0 Å². The van der Waals surface area contributed by atoms with Crippen molar-refractivity contribution in [2.45, 2.75) is 439 Å². The summed E-state index contributed by atoms with van der Waals surface area (Å²) >= 11 is 0. The highest BCUT2D eigenvalue weighted by Crippen LogP contribution is 2.33. The minimum atomic E-state index is -1.99. The van der Waals surface area contributed by atoms with E-state index in [-0.39, 0.29) is 18.9 Å². The maximum atomic E-state index is 13.5. The van der Waals surface area contributed by atoms with Crippen LogP contribution in [0.15, 0.2) is 97.2 Å². The molecule has 3 fully saturated rings. The lowest BCUT2D eigenvalue weighted by atomic mass is 9.96. The quantitative estimate of drug-likeness (QED) is 0.0199. The highest BCUT2D eigenvalue weighted by atomic mass is 16.8. The smallest absolute Gasteiger partial charge is 0.220 e. The van der Waals surface area contributed by atoms with E-state index in [1.165, 1.54) is 225 Å². The maximum Gasteiger partial charge on any atom is 0.220 e. The summed E-state index contributed by atoms with van der Waals surface area (Å²) in [6, 6.07) is -1.00. The molecule has 19 heteroatoms. The van der Waals surface area contributed by atoms with Gasteiger partial charge in [-0.1, -0.05) is 336 Å². The van der Waals surface area contributed by atoms with Gasteiger partial charge < -0.3 is 89.9 Å². The molecule has 19 nitrogen and oxygen atoms in total. The molecule has 17 unspecified atom stereocenters. The normalized spacial score (nSPS) is 25.8. The van der Waals surface area contributed by atoms with Crippen LogP contribution in [0.4, 0.5) is 0 Å². The fourth-order valence-corrected chi connectivity index (χ4v) is 14.4. The second kappa shape index (κ2) is 69.1. The Balaban J connectivity index is 1.33. The van der Waals surface area contributed by atoms with E-state index in [1.54, 1.807) is 6.08 Å². The van der Waals surface area contributed by atoms with Crippen LogP contribution in [-0.4, -0.2) is 193 Å². The molecule has 0 aromatic carbocycles. The third kappa shape index (κ3) is 48.0. The van der Waals surface area contributed by atoms with Crippen LogP contribution in [0.25, 0.3) is 0 Å². The molecule has 0 bridgehead atoms. The third-order valence-corrected chi connectivity index (χ3v) is 21.3. The zero-order valence-corrected chi connectivity index (χ0v) is 68.0. The maximum absolute atomic E-state index is 13.5. The van der Waals surface area contributed by atoms with Crippen molar-refractivity contribution in [3.05, 3.63) is 97.2 Å². The van der Waals surface area contributed by atoms with Crippen LogP contribution >= 0.6 is 0 Å². The van der Waals surface area contributed by atoms with Gasteiger partial charge in [0.25, 0.3) is 0 Å². The number of nitrogens with one attached hydrogen (secondary N) is 1. The molecule has 0 spiro atoms. The summed E-state index contributed by atoms with van der Waals surface area (Å²) in [4.78, 5) is 13.5. The molecule has 3 saturated heterocycles. The first kappa shape index (κ1) is 99.9. The van der Waals surface area contributed by atoms with Gasteiger partial charge in [-0.2, -0.15) is 0 Å². The third-order valence-electron chi connectivity index (χ3n) is 21.3. The first-order chi connectivity index (χ1) is 53.3. The van der Waals surface area contributed by atoms with Crippen molar-refractivity contribution in [1.29, 1.82) is 0 Å². The summed E-state index contributed by atoms with van der Waals surface area (Å²) in [6.45, 7) is 1.63. The molecule has 0 radical (unpaired) electrons. The van der Waals surface area contributed by atoms with E-state index >= 15 is 0 Å². The van der Waals surface area contributed by atoms with Gasteiger partial charge in [0, 0.05) is 6.42 Å². The molecule has 3 aliphatic heterocycles. The molecular weight excluding hydrogens is 1380 g/mol. The minimum Gasteiger partial charge on any atom is -0.394 e. The van der Waals surface area contributed by atoms with Gasteiger partial charge in [0.05, 0.1) is 38.6 Å². The lowest BCUT2D eigenvalue weighted by Gasteiger charge is -2.48. The van der Waals surface area contributed by atoms with Crippen LogP contribution in [0, 0.1) is 0 Å². The van der Waals surface area contributed by atoms with Crippen molar-refractivity contribution < 1.29 is 89.4 Å². The lowest BCUT2D eigenvalue weighted by Crippen LogP contribution is -2.66. The number of aliphatic hydroxyl groups excluding tert-OH is 11. The van der Waals surface area contributed by atoms with Crippen LogP contribution < -0.4 is 5.32 Å². The van der Waals surface area contributed by atoms with E-state index in [9.17, 15) is 61.0 Å². The van der Waals surface area contributed by atoms with Crippen molar-refractivity contribution in [1.82, 2.24) is 5.32 Å². The van der Waals surface area contributed by atoms with Crippen molar-refractivity contribution >= 4 is 5.91 Å². The summed E-state index contributed by atoms with van der Waals surface area (Å²) in [5.41, 5.74) is 0. The topological polar surface area (TPSA) is 307 Å². The van der Waals surface area contributed by atoms with E-state index < -0.39 is 124 Å². The number of unbranched alkanes of at least 4 members (excludes halogenated alkanes) is 40. The van der Waals surface area contributed by atoms with Crippen LogP contribution in [0.2, 0.25) is 0 Å². The zero-order chi connectivity index (χ0) is 78.8. The first-order valence-electron chi connectivity index (χ1n) is 44.0. The van der Waals surface area contributed by atoms with E-state index in [0.29, 0.717) is 12.8 Å². The SMILES string of the molecule is CC/C=C\C/C=C\C/C=C\C/C=C\C/C=C\CCCCCCCCCCCCCCCCCCCCCCCCCC(=O)NC(COC1OC(CO)C(OC2OC(CO)C(OC3OC(CO)C(O)C(O)C3O)C(O)C2O)C(O)C1O)C(O)/C=C/CC/C=C/CC/C=C/CCCCCCCCCCCCCCCCC. The number of carbonyl (C=O) groups excluding carboxylic acids is 1.